The van der Waals surface area contributed by atoms with Crippen LogP contribution in [0.2, 0.25) is 0 Å². The highest BCUT2D eigenvalue weighted by Crippen LogP contribution is 2.03. The third-order valence-electron chi connectivity index (χ3n) is 3.18. The topological polar surface area (TPSA) is 28.2 Å². The highest BCUT2D eigenvalue weighted by Gasteiger charge is 2.00. The van der Waals surface area contributed by atoms with Crippen molar-refractivity contribution in [1.82, 2.24) is 15.2 Å². The van der Waals surface area contributed by atoms with Crippen molar-refractivity contribution < 1.29 is 0 Å². The first-order chi connectivity index (χ1) is 9.18. The number of nitrogens with one attached hydrogen (secondary N) is 1. The van der Waals surface area contributed by atoms with Gasteiger partial charge in [-0.3, -0.25) is 4.98 Å². The van der Waals surface area contributed by atoms with Crippen LogP contribution in [0.25, 0.3) is 0 Å². The van der Waals surface area contributed by atoms with E-state index in [0.717, 1.165) is 25.3 Å². The Morgan fingerprint density at radius 3 is 2.63 bits per heavy atom. The second-order valence-electron chi connectivity index (χ2n) is 5.58. The molecule has 19 heavy (non-hydrogen) atoms. The molecule has 0 spiro atoms. The zero-order chi connectivity index (χ0) is 13.9. The summed E-state index contributed by atoms with van der Waals surface area (Å²) in [4.78, 5) is 6.71. The Balaban J connectivity index is 1.97. The molecule has 1 aromatic rings. The smallest absolute Gasteiger partial charge is 0.0543 e. The maximum Gasteiger partial charge on any atom is 0.0543 e. The molecule has 0 atom stereocenters. The van der Waals surface area contributed by atoms with E-state index in [1.165, 1.54) is 25.7 Å². The molecule has 0 aliphatic heterocycles. The first kappa shape index (κ1) is 16.1. The maximum atomic E-state index is 4.35. The third-order valence-corrected chi connectivity index (χ3v) is 3.18. The number of rotatable bonds is 10. The number of hydrogen-bond acceptors (Lipinski definition) is 3. The molecule has 0 radical (unpaired) electrons. The minimum absolute atomic E-state index is 0.615. The van der Waals surface area contributed by atoms with E-state index in [9.17, 15) is 0 Å². The lowest BCUT2D eigenvalue weighted by molar-refractivity contribution is 0.313. The summed E-state index contributed by atoms with van der Waals surface area (Å²) in [7, 11) is 2.18. The van der Waals surface area contributed by atoms with Gasteiger partial charge in [-0.05, 0) is 45.1 Å². The van der Waals surface area contributed by atoms with Crippen LogP contribution in [0.5, 0.6) is 0 Å². The molecule has 108 valence electrons. The average molecular weight is 263 g/mol. The minimum Gasteiger partial charge on any atom is -0.315 e. The Morgan fingerprint density at radius 2 is 1.95 bits per heavy atom. The molecule has 0 saturated heterocycles. The van der Waals surface area contributed by atoms with Gasteiger partial charge in [0, 0.05) is 18.8 Å². The lowest BCUT2D eigenvalue weighted by atomic mass is 10.2. The van der Waals surface area contributed by atoms with Crippen LogP contribution in [0.3, 0.4) is 0 Å². The Labute approximate surface area is 118 Å². The fraction of sp³-hybridized carbons (Fsp3) is 0.688. The quantitative estimate of drug-likeness (QED) is 0.658. The van der Waals surface area contributed by atoms with Crippen LogP contribution in [-0.4, -0.2) is 36.1 Å². The molecule has 3 heteroatoms. The van der Waals surface area contributed by atoms with Crippen molar-refractivity contribution in [3.8, 4) is 0 Å². The van der Waals surface area contributed by atoms with Crippen LogP contribution in [0.15, 0.2) is 24.4 Å². The number of hydrogen-bond donors (Lipinski definition) is 1. The van der Waals surface area contributed by atoms with E-state index < -0.39 is 0 Å². The van der Waals surface area contributed by atoms with Gasteiger partial charge < -0.3 is 10.2 Å². The molecule has 0 bridgehead atoms. The summed E-state index contributed by atoms with van der Waals surface area (Å²) in [5, 5.41) is 3.46. The summed E-state index contributed by atoms with van der Waals surface area (Å²) in [6.07, 6.45) is 7.10. The molecule has 0 amide bonds. The standard InChI is InChI=1S/C16H29N3/c1-15(2)17-11-7-4-5-9-13-19(3)14-16-10-6-8-12-18-16/h6,8,10,12,15,17H,4-5,7,9,11,13-14H2,1-3H3. The van der Waals surface area contributed by atoms with E-state index in [2.05, 4.69) is 48.2 Å². The van der Waals surface area contributed by atoms with Gasteiger partial charge >= 0.3 is 0 Å². The van der Waals surface area contributed by atoms with E-state index >= 15 is 0 Å². The molecule has 0 fully saturated rings. The number of aromatic nitrogens is 1. The molecule has 0 aliphatic rings. The Kier molecular flexibility index (Phi) is 8.43. The van der Waals surface area contributed by atoms with Gasteiger partial charge in [0.2, 0.25) is 0 Å². The fourth-order valence-electron chi connectivity index (χ4n) is 2.10. The third kappa shape index (κ3) is 8.73. The van der Waals surface area contributed by atoms with Crippen molar-refractivity contribution in [3.63, 3.8) is 0 Å². The Morgan fingerprint density at radius 1 is 1.16 bits per heavy atom. The van der Waals surface area contributed by atoms with Gasteiger partial charge in [-0.1, -0.05) is 32.8 Å². The van der Waals surface area contributed by atoms with Crippen LogP contribution in [0.4, 0.5) is 0 Å². The lowest BCUT2D eigenvalue weighted by Crippen LogP contribution is -2.23. The summed E-state index contributed by atoms with van der Waals surface area (Å²) < 4.78 is 0. The van der Waals surface area contributed by atoms with Gasteiger partial charge in [-0.15, -0.1) is 0 Å². The van der Waals surface area contributed by atoms with Gasteiger partial charge in [-0.25, -0.2) is 0 Å². The molecule has 0 aromatic carbocycles. The highest BCUT2D eigenvalue weighted by atomic mass is 15.1. The normalized spacial score (nSPS) is 11.4. The van der Waals surface area contributed by atoms with Crippen molar-refractivity contribution in [2.75, 3.05) is 20.1 Å². The van der Waals surface area contributed by atoms with Crippen molar-refractivity contribution >= 4 is 0 Å². The SMILES string of the molecule is CC(C)NCCCCCCN(C)Cc1ccccn1. The van der Waals surface area contributed by atoms with Crippen molar-refractivity contribution in [2.24, 2.45) is 0 Å². The summed E-state index contributed by atoms with van der Waals surface area (Å²) in [6, 6.07) is 6.73. The highest BCUT2D eigenvalue weighted by molar-refractivity contribution is 5.02. The van der Waals surface area contributed by atoms with Crippen molar-refractivity contribution in [3.05, 3.63) is 30.1 Å². The summed E-state index contributed by atoms with van der Waals surface area (Å²) in [6.45, 7) is 7.67. The van der Waals surface area contributed by atoms with Crippen molar-refractivity contribution in [1.29, 1.82) is 0 Å². The van der Waals surface area contributed by atoms with Crippen LogP contribution in [0, 0.1) is 0 Å². The molecule has 1 aromatic heterocycles. The number of unbranched alkanes of at least 4 members (excludes halogenated alkanes) is 3. The van der Waals surface area contributed by atoms with Crippen molar-refractivity contribution in [2.45, 2.75) is 52.1 Å². The van der Waals surface area contributed by atoms with E-state index in [0.29, 0.717) is 6.04 Å². The zero-order valence-electron chi connectivity index (χ0n) is 12.7. The lowest BCUT2D eigenvalue weighted by Gasteiger charge is -2.15. The van der Waals surface area contributed by atoms with Crippen LogP contribution in [0.1, 0.15) is 45.2 Å². The molecule has 1 heterocycles. The van der Waals surface area contributed by atoms with E-state index in [-0.39, 0.29) is 0 Å². The summed E-state index contributed by atoms with van der Waals surface area (Å²) >= 11 is 0. The molecular weight excluding hydrogens is 234 g/mol. The zero-order valence-corrected chi connectivity index (χ0v) is 12.7. The monoisotopic (exact) mass is 263 g/mol. The van der Waals surface area contributed by atoms with Gasteiger partial charge in [-0.2, -0.15) is 0 Å². The van der Waals surface area contributed by atoms with Gasteiger partial charge in [0.15, 0.2) is 0 Å². The van der Waals surface area contributed by atoms with E-state index in [1.54, 1.807) is 0 Å². The summed E-state index contributed by atoms with van der Waals surface area (Å²) in [5.74, 6) is 0. The molecule has 1 N–H and O–H groups in total. The molecular formula is C16H29N3. The minimum atomic E-state index is 0.615. The van der Waals surface area contributed by atoms with E-state index in [4.69, 9.17) is 0 Å². The Hall–Kier alpha value is -0.930. The first-order valence-electron chi connectivity index (χ1n) is 7.50. The van der Waals surface area contributed by atoms with Crippen LogP contribution >= 0.6 is 0 Å². The number of nitrogens with zero attached hydrogens (tertiary/aromatic N) is 2. The molecule has 0 saturated carbocycles. The van der Waals surface area contributed by atoms with Gasteiger partial charge in [0.05, 0.1) is 5.69 Å². The summed E-state index contributed by atoms with van der Waals surface area (Å²) in [5.41, 5.74) is 1.16. The molecule has 1 rings (SSSR count). The Bertz CT molecular complexity index is 311. The fourth-order valence-corrected chi connectivity index (χ4v) is 2.10. The van der Waals surface area contributed by atoms with E-state index in [1.807, 2.05) is 12.3 Å². The predicted octanol–water partition coefficient (Wildman–Crippen LogP) is 3.07. The molecule has 0 aliphatic carbocycles. The molecule has 0 unspecified atom stereocenters. The average Bonchev–Trinajstić information content (AvgIpc) is 2.38. The van der Waals surface area contributed by atoms with Gasteiger partial charge in [0.1, 0.15) is 0 Å². The second-order valence-corrected chi connectivity index (χ2v) is 5.58. The largest absolute Gasteiger partial charge is 0.315 e. The maximum absolute atomic E-state index is 4.35. The van der Waals surface area contributed by atoms with Gasteiger partial charge in [0.25, 0.3) is 0 Å². The second kappa shape index (κ2) is 9.93. The number of pyridine rings is 1. The van der Waals surface area contributed by atoms with Crippen LogP contribution in [-0.2, 0) is 6.54 Å². The predicted molar refractivity (Wildman–Crippen MR) is 82.2 cm³/mol. The first-order valence-corrected chi connectivity index (χ1v) is 7.50. The van der Waals surface area contributed by atoms with Crippen LogP contribution < -0.4 is 5.32 Å². The molecule has 3 nitrogen and oxygen atoms in total.